The van der Waals surface area contributed by atoms with Crippen LogP contribution in [0.25, 0.3) is 16.5 Å². The molecule has 0 saturated heterocycles. The maximum Gasteiger partial charge on any atom is 0.121 e. The maximum absolute atomic E-state index is 10.3. The molecule has 0 fully saturated rings. The number of rotatable bonds is 12. The molecular formula is C33H41Cl2NOSiTi-2. The number of carbonyl (C=O) groups excluding carboxylic acids is 1. The summed E-state index contributed by atoms with van der Waals surface area (Å²) in [5.74, 6) is -0.409. The van der Waals surface area contributed by atoms with Crippen molar-refractivity contribution < 1.29 is 21.8 Å². The largest absolute Gasteiger partial charge is 0.168 e. The van der Waals surface area contributed by atoms with Crippen molar-refractivity contribution in [3.05, 3.63) is 109 Å². The predicted octanol–water partition coefficient (Wildman–Crippen LogP) is 9.76. The second-order valence-corrected chi connectivity index (χ2v) is 13.1. The van der Waals surface area contributed by atoms with E-state index in [9.17, 15) is 4.79 Å². The summed E-state index contributed by atoms with van der Waals surface area (Å²) in [4.78, 5) is 10.3. The maximum atomic E-state index is 10.3. The molecule has 0 heterocycles. The molecule has 0 unspecified atom stereocenters. The van der Waals surface area contributed by atoms with Crippen LogP contribution in [-0.4, -0.2) is 15.4 Å². The molecule has 6 heteroatoms. The summed E-state index contributed by atoms with van der Waals surface area (Å²) in [6.45, 7) is 2.23. The Morgan fingerprint density at radius 3 is 1.67 bits per heavy atom. The van der Waals surface area contributed by atoms with E-state index in [4.69, 9.17) is 24.3 Å². The van der Waals surface area contributed by atoms with Gasteiger partial charge in [-0.1, -0.05) is 135 Å². The normalized spacial score (nSPS) is 9.72. The minimum absolute atomic E-state index is 0.409. The fourth-order valence-electron chi connectivity index (χ4n) is 3.88. The summed E-state index contributed by atoms with van der Waals surface area (Å²) >= 11 is -0.556. The molecule has 0 aliphatic carbocycles. The first-order chi connectivity index (χ1) is 19.1. The van der Waals surface area contributed by atoms with Crippen molar-refractivity contribution in [1.82, 2.24) is 0 Å². The van der Waals surface area contributed by atoms with Gasteiger partial charge in [-0.2, -0.15) is 17.5 Å². The standard InChI is InChI=1S/C12H25NO.C12H10Si.C9H7.2ClH.Ti/c1-2-3-4-5-6-7-8-9-10-11-12(13)14;1-3-7-11(8-4-1)13-12-9-5-2-6-10-12;1-2-5-9-7-3-6-8(9)4-1;;;/h2-11H2,1H3,(H2,13,14);1-10H;1-7H;2*1H;/q;;-1;;;+2/p-3. The number of hydrogen-bond acceptors (Lipinski definition) is 1. The van der Waals surface area contributed by atoms with E-state index < -0.39 is 22.9 Å². The van der Waals surface area contributed by atoms with Crippen molar-refractivity contribution in [2.24, 2.45) is 0 Å². The Hall–Kier alpha value is -1.75. The molecule has 2 radical (unpaired) electrons. The number of fused-ring (bicyclic) bond motifs is 1. The molecule has 4 rings (SSSR count). The van der Waals surface area contributed by atoms with Crippen LogP contribution in [0.2, 0.25) is 0 Å². The number of carbonyl (C=O) groups is 1. The Kier molecular flexibility index (Phi) is 22.8. The first-order valence-corrected chi connectivity index (χ1v) is 19.1. The van der Waals surface area contributed by atoms with E-state index in [-0.39, 0.29) is 0 Å². The number of amides is 1. The number of halogens is 2. The van der Waals surface area contributed by atoms with Crippen LogP contribution in [0.3, 0.4) is 0 Å². The average molecular weight is 615 g/mol. The summed E-state index contributed by atoms with van der Waals surface area (Å²) in [7, 11) is 10.6. The van der Waals surface area contributed by atoms with Crippen LogP contribution in [-0.2, 0) is 21.8 Å². The van der Waals surface area contributed by atoms with Crippen LogP contribution in [0.15, 0.2) is 103 Å². The average Bonchev–Trinajstić information content (AvgIpc) is 3.44. The third-order valence-electron chi connectivity index (χ3n) is 5.89. The van der Waals surface area contributed by atoms with Gasteiger partial charge in [0.05, 0.1) is 0 Å². The Balaban J connectivity index is 0.000000282. The molecule has 4 aromatic rings. The first-order valence-electron chi connectivity index (χ1n) is 13.8. The zero-order chi connectivity index (χ0) is 28.4. The fourth-order valence-corrected chi connectivity index (χ4v) is 4.93. The van der Waals surface area contributed by atoms with Gasteiger partial charge in [-0.05, 0) is 12.8 Å². The van der Waals surface area contributed by atoms with Gasteiger partial charge >= 0.3 is 35.6 Å². The third kappa shape index (κ3) is 19.9. The second kappa shape index (κ2) is 25.2. The smallest absolute Gasteiger partial charge is 0.121 e. The van der Waals surface area contributed by atoms with E-state index >= 15 is 0 Å². The minimum atomic E-state index is -0.556. The Morgan fingerprint density at radius 2 is 1.18 bits per heavy atom. The van der Waals surface area contributed by atoms with E-state index in [1.165, 1.54) is 66.1 Å². The van der Waals surface area contributed by atoms with Gasteiger partial charge < -0.3 is 10.5 Å². The molecule has 2 nitrogen and oxygen atoms in total. The Labute approximate surface area is 255 Å². The van der Waals surface area contributed by atoms with Gasteiger partial charge in [0.25, 0.3) is 0 Å². The molecular weight excluding hydrogens is 573 g/mol. The molecule has 0 aliphatic heterocycles. The van der Waals surface area contributed by atoms with Crippen LogP contribution in [0.4, 0.5) is 0 Å². The Morgan fingerprint density at radius 1 is 0.718 bits per heavy atom. The Bertz CT molecular complexity index is 1020. The zero-order valence-corrected chi connectivity index (χ0v) is 27.1. The summed E-state index contributed by atoms with van der Waals surface area (Å²) in [5.41, 5.74) is 6.73. The summed E-state index contributed by atoms with van der Waals surface area (Å²) < 4.78 is 0. The molecule has 1 amide bonds. The molecule has 0 spiro atoms. The third-order valence-corrected chi connectivity index (χ3v) is 7.14. The SMILES string of the molecule is CCCCCCCCCCCC([NH-])=O.[Cl][Ti][Cl].c1ccc([Si]c2ccccc2)cc1.c1ccc2[cH-]ccc2c1. The van der Waals surface area contributed by atoms with E-state index in [1.54, 1.807) is 0 Å². The number of nitrogens with one attached hydrogen (secondary N) is 1. The molecule has 208 valence electrons. The number of hydrogen-bond donors (Lipinski definition) is 0. The summed E-state index contributed by atoms with van der Waals surface area (Å²) in [5, 5.41) is 5.46. The van der Waals surface area contributed by atoms with Gasteiger partial charge in [-0.25, -0.2) is 0 Å². The van der Waals surface area contributed by atoms with Crippen LogP contribution >= 0.6 is 18.6 Å². The van der Waals surface area contributed by atoms with Crippen LogP contribution in [0, 0.1) is 0 Å². The molecule has 0 atom stereocenters. The summed E-state index contributed by atoms with van der Waals surface area (Å²) in [6, 6.07) is 35.8. The van der Waals surface area contributed by atoms with Crippen molar-refractivity contribution in [3.8, 4) is 0 Å². The molecule has 1 N–H and O–H groups in total. The van der Waals surface area contributed by atoms with Gasteiger partial charge in [-0.15, -0.1) is 29.7 Å². The molecule has 0 aromatic heterocycles. The van der Waals surface area contributed by atoms with Crippen molar-refractivity contribution in [1.29, 1.82) is 0 Å². The number of unbranched alkanes of at least 4 members (excludes halogenated alkanes) is 8. The van der Waals surface area contributed by atoms with E-state index in [0.29, 0.717) is 6.42 Å². The zero-order valence-electron chi connectivity index (χ0n) is 23.1. The van der Waals surface area contributed by atoms with E-state index in [1.807, 2.05) is 0 Å². The van der Waals surface area contributed by atoms with Gasteiger partial charge in [0.15, 0.2) is 0 Å². The summed E-state index contributed by atoms with van der Waals surface area (Å²) in [6.07, 6.45) is 11.8. The van der Waals surface area contributed by atoms with Crippen LogP contribution < -0.4 is 10.4 Å². The number of benzene rings is 3. The van der Waals surface area contributed by atoms with Gasteiger partial charge in [-0.3, -0.25) is 0 Å². The molecule has 0 bridgehead atoms. The quantitative estimate of drug-likeness (QED) is 0.0890. The minimum Gasteiger partial charge on any atom is -0.168 e. The second-order valence-electron chi connectivity index (χ2n) is 9.08. The molecule has 0 aliphatic rings. The van der Waals surface area contributed by atoms with Crippen molar-refractivity contribution in [2.75, 3.05) is 0 Å². The van der Waals surface area contributed by atoms with E-state index in [0.717, 1.165) is 22.4 Å². The molecule has 4 aromatic carbocycles. The monoisotopic (exact) mass is 613 g/mol. The molecule has 39 heavy (non-hydrogen) atoms. The predicted molar refractivity (Wildman–Crippen MR) is 170 cm³/mol. The van der Waals surface area contributed by atoms with Gasteiger partial charge in [0.2, 0.25) is 0 Å². The fraction of sp³-hybridized carbons (Fsp3) is 0.333. The van der Waals surface area contributed by atoms with Crippen molar-refractivity contribution in [2.45, 2.75) is 71.1 Å². The first kappa shape index (κ1) is 35.3. The van der Waals surface area contributed by atoms with Crippen molar-refractivity contribution >= 4 is 55.2 Å². The van der Waals surface area contributed by atoms with Crippen LogP contribution in [0.1, 0.15) is 71.1 Å². The topological polar surface area (TPSA) is 40.9 Å². The van der Waals surface area contributed by atoms with E-state index in [2.05, 4.69) is 110 Å². The van der Waals surface area contributed by atoms with Gasteiger partial charge in [0, 0.05) is 5.91 Å². The van der Waals surface area contributed by atoms with Crippen molar-refractivity contribution in [3.63, 3.8) is 0 Å². The van der Waals surface area contributed by atoms with Gasteiger partial charge in [0.1, 0.15) is 9.52 Å². The molecule has 0 saturated carbocycles. The van der Waals surface area contributed by atoms with Crippen LogP contribution in [0.5, 0.6) is 0 Å².